The summed E-state index contributed by atoms with van der Waals surface area (Å²) in [5.74, 6) is 0. The van der Waals surface area contributed by atoms with E-state index in [1.807, 2.05) is 11.9 Å². The van der Waals surface area contributed by atoms with E-state index in [-0.39, 0.29) is 0 Å². The Labute approximate surface area is 69.3 Å². The van der Waals surface area contributed by atoms with Crippen molar-refractivity contribution in [3.63, 3.8) is 0 Å². The van der Waals surface area contributed by atoms with E-state index < -0.39 is 0 Å². The molecule has 0 saturated heterocycles. The van der Waals surface area contributed by atoms with Crippen LogP contribution in [0.3, 0.4) is 0 Å². The summed E-state index contributed by atoms with van der Waals surface area (Å²) in [4.78, 5) is 0. The average Bonchev–Trinajstić information content (AvgIpc) is 1.60. The van der Waals surface area contributed by atoms with Crippen molar-refractivity contribution < 1.29 is 0 Å². The van der Waals surface area contributed by atoms with Crippen molar-refractivity contribution >= 4 is 11.9 Å². The molecule has 0 amide bonds. The van der Waals surface area contributed by atoms with Crippen molar-refractivity contribution in [3.8, 4) is 0 Å². The minimum absolute atomic E-state index is 0.346. The Morgan fingerprint density at radius 1 is 1.20 bits per heavy atom. The van der Waals surface area contributed by atoms with Crippen LogP contribution in [0.15, 0.2) is 0 Å². The van der Waals surface area contributed by atoms with Gasteiger partial charge in [-0.2, -0.15) is 0 Å². The van der Waals surface area contributed by atoms with Crippen LogP contribution in [0.2, 0.25) is 0 Å². The Morgan fingerprint density at radius 2 is 1.60 bits per heavy atom. The third-order valence-electron chi connectivity index (χ3n) is 1.15. The van der Waals surface area contributed by atoms with E-state index in [1.165, 1.54) is 0 Å². The molecule has 0 unspecified atom stereocenters. The fourth-order valence-electron chi connectivity index (χ4n) is 0.537. The van der Waals surface area contributed by atoms with Crippen LogP contribution < -0.4 is 0 Å². The summed E-state index contributed by atoms with van der Waals surface area (Å²) in [6.45, 7) is 11.1. The Morgan fingerprint density at radius 3 is 1.70 bits per heavy atom. The van der Waals surface area contributed by atoms with E-state index >= 15 is 0 Å². The standard InChI is InChI=1S/C8H19NS/c1-7(2)9(6)10-8(3,4)5/h7H,1-6H3. The Hall–Kier alpha value is 0.310. The minimum Gasteiger partial charge on any atom is -0.251 e. The average molecular weight is 161 g/mol. The second-order valence-corrected chi connectivity index (χ2v) is 5.83. The molecular formula is C8H19NS. The summed E-state index contributed by atoms with van der Waals surface area (Å²) in [5.41, 5.74) is 0. The Balaban J connectivity index is 3.68. The molecule has 0 aliphatic carbocycles. The van der Waals surface area contributed by atoms with Crippen LogP contribution in [0.25, 0.3) is 0 Å². The van der Waals surface area contributed by atoms with E-state index in [0.717, 1.165) is 0 Å². The molecule has 62 valence electrons. The van der Waals surface area contributed by atoms with Gasteiger partial charge in [-0.25, -0.2) is 0 Å². The summed E-state index contributed by atoms with van der Waals surface area (Å²) < 4.78 is 2.64. The molecule has 10 heavy (non-hydrogen) atoms. The topological polar surface area (TPSA) is 3.24 Å². The summed E-state index contributed by atoms with van der Waals surface area (Å²) in [5, 5.41) is 0. The Kier molecular flexibility index (Phi) is 3.74. The fraction of sp³-hybridized carbons (Fsp3) is 1.00. The summed E-state index contributed by atoms with van der Waals surface area (Å²) in [6, 6.07) is 0.629. The van der Waals surface area contributed by atoms with E-state index in [9.17, 15) is 0 Å². The molecule has 0 rings (SSSR count). The van der Waals surface area contributed by atoms with E-state index in [2.05, 4.69) is 46.0 Å². The van der Waals surface area contributed by atoms with Crippen LogP contribution in [0.4, 0.5) is 0 Å². The maximum atomic E-state index is 2.29. The lowest BCUT2D eigenvalue weighted by Gasteiger charge is -2.28. The lowest BCUT2D eigenvalue weighted by Crippen LogP contribution is -2.25. The highest BCUT2D eigenvalue weighted by Crippen LogP contribution is 2.27. The lowest BCUT2D eigenvalue weighted by molar-refractivity contribution is 0.460. The van der Waals surface area contributed by atoms with Crippen molar-refractivity contribution in [2.24, 2.45) is 0 Å². The van der Waals surface area contributed by atoms with Gasteiger partial charge < -0.3 is 0 Å². The van der Waals surface area contributed by atoms with Gasteiger partial charge in [0.05, 0.1) is 0 Å². The van der Waals surface area contributed by atoms with Gasteiger partial charge in [-0.1, -0.05) is 11.9 Å². The molecule has 0 bridgehead atoms. The smallest absolute Gasteiger partial charge is 0.0222 e. The maximum Gasteiger partial charge on any atom is 0.0222 e. The molecule has 0 N–H and O–H groups in total. The quantitative estimate of drug-likeness (QED) is 0.573. The highest BCUT2D eigenvalue weighted by molar-refractivity contribution is 7.98. The van der Waals surface area contributed by atoms with Crippen LogP contribution in [0.1, 0.15) is 34.6 Å². The van der Waals surface area contributed by atoms with Gasteiger partial charge >= 0.3 is 0 Å². The summed E-state index contributed by atoms with van der Waals surface area (Å²) >= 11 is 1.90. The zero-order chi connectivity index (χ0) is 8.36. The van der Waals surface area contributed by atoms with Gasteiger partial charge in [0.25, 0.3) is 0 Å². The third kappa shape index (κ3) is 5.12. The number of rotatable bonds is 2. The molecule has 0 aromatic carbocycles. The van der Waals surface area contributed by atoms with Gasteiger partial charge in [0.1, 0.15) is 0 Å². The van der Waals surface area contributed by atoms with Crippen molar-refractivity contribution in [1.82, 2.24) is 4.31 Å². The molecule has 0 aromatic rings. The molecule has 0 aliphatic heterocycles. The van der Waals surface area contributed by atoms with Crippen molar-refractivity contribution in [3.05, 3.63) is 0 Å². The fourth-order valence-corrected chi connectivity index (χ4v) is 1.61. The monoisotopic (exact) mass is 161 g/mol. The second kappa shape index (κ2) is 3.63. The SMILES string of the molecule is CC(C)N(C)SC(C)(C)C. The molecule has 0 atom stereocenters. The zero-order valence-electron chi connectivity index (χ0n) is 7.93. The van der Waals surface area contributed by atoms with Crippen LogP contribution in [-0.2, 0) is 0 Å². The molecule has 0 aromatic heterocycles. The molecule has 1 nitrogen and oxygen atoms in total. The predicted octanol–water partition coefficient (Wildman–Crippen LogP) is 2.77. The van der Waals surface area contributed by atoms with E-state index in [1.54, 1.807) is 0 Å². The number of hydrogen-bond donors (Lipinski definition) is 0. The van der Waals surface area contributed by atoms with Crippen molar-refractivity contribution in [2.45, 2.75) is 45.4 Å². The summed E-state index contributed by atoms with van der Waals surface area (Å²) in [7, 11) is 2.14. The number of hydrogen-bond acceptors (Lipinski definition) is 2. The first kappa shape index (κ1) is 10.3. The molecule has 0 spiro atoms. The van der Waals surface area contributed by atoms with Gasteiger partial charge in [-0.05, 0) is 41.7 Å². The first-order chi connectivity index (χ1) is 4.33. The molecule has 0 fully saturated rings. The zero-order valence-corrected chi connectivity index (χ0v) is 8.75. The molecule has 0 saturated carbocycles. The summed E-state index contributed by atoms with van der Waals surface area (Å²) in [6.07, 6.45) is 0. The molecule has 2 heteroatoms. The minimum atomic E-state index is 0.346. The third-order valence-corrected chi connectivity index (χ3v) is 2.40. The second-order valence-electron chi connectivity index (χ2n) is 3.84. The largest absolute Gasteiger partial charge is 0.251 e. The predicted molar refractivity (Wildman–Crippen MR) is 50.2 cm³/mol. The highest BCUT2D eigenvalue weighted by Gasteiger charge is 2.15. The van der Waals surface area contributed by atoms with Gasteiger partial charge in [0, 0.05) is 10.8 Å². The normalized spacial score (nSPS) is 13.2. The van der Waals surface area contributed by atoms with Gasteiger partial charge in [-0.3, -0.25) is 4.31 Å². The van der Waals surface area contributed by atoms with Crippen molar-refractivity contribution in [2.75, 3.05) is 7.05 Å². The molecule has 0 heterocycles. The van der Waals surface area contributed by atoms with Crippen LogP contribution >= 0.6 is 11.9 Å². The molecular weight excluding hydrogens is 142 g/mol. The van der Waals surface area contributed by atoms with E-state index in [4.69, 9.17) is 0 Å². The number of nitrogens with zero attached hydrogens (tertiary/aromatic N) is 1. The molecule has 0 radical (unpaired) electrons. The first-order valence-corrected chi connectivity index (χ1v) is 4.52. The lowest BCUT2D eigenvalue weighted by atomic mass is 10.3. The van der Waals surface area contributed by atoms with Gasteiger partial charge in [0.15, 0.2) is 0 Å². The van der Waals surface area contributed by atoms with Gasteiger partial charge in [-0.15, -0.1) is 0 Å². The van der Waals surface area contributed by atoms with Crippen LogP contribution in [-0.4, -0.2) is 22.1 Å². The first-order valence-electron chi connectivity index (χ1n) is 3.75. The maximum absolute atomic E-state index is 2.29. The van der Waals surface area contributed by atoms with Crippen LogP contribution in [0, 0.1) is 0 Å². The van der Waals surface area contributed by atoms with Crippen molar-refractivity contribution in [1.29, 1.82) is 0 Å². The Bertz CT molecular complexity index is 93.9. The molecule has 0 aliphatic rings. The van der Waals surface area contributed by atoms with E-state index in [0.29, 0.717) is 10.8 Å². The highest BCUT2D eigenvalue weighted by atomic mass is 32.2. The van der Waals surface area contributed by atoms with Crippen LogP contribution in [0.5, 0.6) is 0 Å². The van der Waals surface area contributed by atoms with Gasteiger partial charge in [0.2, 0.25) is 0 Å².